The molecule has 5 heteroatoms. The van der Waals surface area contributed by atoms with E-state index in [2.05, 4.69) is 4.90 Å². The molecule has 0 bridgehead atoms. The Morgan fingerprint density at radius 2 is 2.06 bits per heavy atom. The van der Waals surface area contributed by atoms with Crippen LogP contribution in [0.15, 0.2) is 24.3 Å². The van der Waals surface area contributed by atoms with Gasteiger partial charge in [-0.1, -0.05) is 18.2 Å². The van der Waals surface area contributed by atoms with Gasteiger partial charge in [-0.25, -0.2) is 0 Å². The molecule has 1 saturated heterocycles. The van der Waals surface area contributed by atoms with Crippen LogP contribution >= 0.6 is 8.69 Å². The molecule has 0 aromatic heterocycles. The molecule has 0 spiro atoms. The lowest BCUT2D eigenvalue weighted by Crippen LogP contribution is -2.36. The van der Waals surface area contributed by atoms with Crippen molar-refractivity contribution in [3.8, 4) is 5.75 Å². The van der Waals surface area contributed by atoms with Gasteiger partial charge in [-0.15, -0.1) is 0 Å². The van der Waals surface area contributed by atoms with Gasteiger partial charge in [0.05, 0.1) is 13.2 Å². The summed E-state index contributed by atoms with van der Waals surface area (Å²) >= 11 is 0. The highest BCUT2D eigenvalue weighted by Gasteiger charge is 2.10. The second-order valence-corrected chi connectivity index (χ2v) is 4.81. The summed E-state index contributed by atoms with van der Waals surface area (Å²) in [6, 6.07) is 7.84. The highest BCUT2D eigenvalue weighted by Crippen LogP contribution is 2.22. The van der Waals surface area contributed by atoms with Crippen molar-refractivity contribution in [1.29, 1.82) is 0 Å². The number of para-hydroxylation sites is 1. The molecule has 1 aromatic carbocycles. The summed E-state index contributed by atoms with van der Waals surface area (Å²) < 4.78 is 21.1. The molecular formula is C13H20NO3P. The maximum absolute atomic E-state index is 10.6. The van der Waals surface area contributed by atoms with Gasteiger partial charge >= 0.3 is 0 Å². The molecule has 1 unspecified atom stereocenters. The van der Waals surface area contributed by atoms with Gasteiger partial charge in [-0.05, 0) is 31.0 Å². The first kappa shape index (κ1) is 13.6. The van der Waals surface area contributed by atoms with Crippen LogP contribution in [0.25, 0.3) is 0 Å². The Balaban J connectivity index is 1.80. The monoisotopic (exact) mass is 269 g/mol. The Morgan fingerprint density at radius 1 is 1.28 bits per heavy atom. The van der Waals surface area contributed by atoms with Gasteiger partial charge in [0.15, 0.2) is 0 Å². The second-order valence-electron chi connectivity index (χ2n) is 4.38. The van der Waals surface area contributed by atoms with Crippen molar-refractivity contribution in [2.75, 3.05) is 32.8 Å². The summed E-state index contributed by atoms with van der Waals surface area (Å²) in [6.45, 7) is 4.84. The first-order valence-corrected chi connectivity index (χ1v) is 7.33. The summed E-state index contributed by atoms with van der Waals surface area (Å²) in [7, 11) is -1.18. The quantitative estimate of drug-likeness (QED) is 0.740. The fourth-order valence-corrected chi connectivity index (χ4v) is 2.53. The van der Waals surface area contributed by atoms with Crippen LogP contribution in [-0.4, -0.2) is 37.7 Å². The Bertz CT molecular complexity index is 380. The van der Waals surface area contributed by atoms with Crippen molar-refractivity contribution in [2.24, 2.45) is 0 Å². The highest BCUT2D eigenvalue weighted by atomic mass is 31.1. The lowest BCUT2D eigenvalue weighted by molar-refractivity contribution is 0.0374. The first-order valence-electron chi connectivity index (χ1n) is 6.38. The zero-order valence-electron chi connectivity index (χ0n) is 10.5. The third-order valence-corrected chi connectivity index (χ3v) is 3.52. The van der Waals surface area contributed by atoms with E-state index in [0.717, 1.165) is 57.0 Å². The van der Waals surface area contributed by atoms with E-state index in [9.17, 15) is 4.57 Å². The van der Waals surface area contributed by atoms with Gasteiger partial charge in [-0.3, -0.25) is 9.46 Å². The van der Waals surface area contributed by atoms with E-state index < -0.39 is 8.69 Å². The van der Waals surface area contributed by atoms with Crippen LogP contribution in [0.2, 0.25) is 0 Å². The van der Waals surface area contributed by atoms with Crippen LogP contribution < -0.4 is 4.52 Å². The maximum Gasteiger partial charge on any atom is 0.225 e. The Hall–Kier alpha value is -0.830. The molecule has 0 aliphatic carbocycles. The molecule has 18 heavy (non-hydrogen) atoms. The fourth-order valence-electron chi connectivity index (χ4n) is 2.20. The topological polar surface area (TPSA) is 38.8 Å². The third kappa shape index (κ3) is 4.13. The second kappa shape index (κ2) is 7.57. The van der Waals surface area contributed by atoms with E-state index in [1.165, 1.54) is 0 Å². The minimum atomic E-state index is -1.18. The minimum Gasteiger partial charge on any atom is -0.447 e. The number of ether oxygens (including phenoxy) is 1. The minimum absolute atomic E-state index is 0.768. The average molecular weight is 269 g/mol. The first-order chi connectivity index (χ1) is 8.90. The van der Waals surface area contributed by atoms with E-state index >= 15 is 0 Å². The van der Waals surface area contributed by atoms with Crippen LogP contribution in [0.1, 0.15) is 12.0 Å². The molecule has 2 rings (SSSR count). The van der Waals surface area contributed by atoms with Crippen LogP contribution in [0.4, 0.5) is 0 Å². The highest BCUT2D eigenvalue weighted by molar-refractivity contribution is 7.17. The lowest BCUT2D eigenvalue weighted by atomic mass is 10.1. The van der Waals surface area contributed by atoms with E-state index in [-0.39, 0.29) is 0 Å². The SMILES string of the molecule is O=[PH2]Oc1ccccc1CCCN1CCOCC1. The molecule has 1 heterocycles. The number of rotatable bonds is 6. The maximum atomic E-state index is 10.6. The molecule has 0 saturated carbocycles. The van der Waals surface area contributed by atoms with E-state index in [4.69, 9.17) is 9.26 Å². The van der Waals surface area contributed by atoms with Gasteiger partial charge in [0.2, 0.25) is 8.69 Å². The molecule has 0 amide bonds. The van der Waals surface area contributed by atoms with Crippen molar-refractivity contribution in [3.05, 3.63) is 29.8 Å². The molecule has 1 atom stereocenters. The number of aryl methyl sites for hydroxylation is 1. The standard InChI is InChI=1S/C13H20NO3P/c15-18-17-13-6-2-1-4-12(13)5-3-7-14-8-10-16-11-9-14/h1-2,4,6H,3,5,7-11,18H2. The van der Waals surface area contributed by atoms with Gasteiger partial charge < -0.3 is 9.26 Å². The summed E-state index contributed by atoms with van der Waals surface area (Å²) in [5.41, 5.74) is 1.15. The average Bonchev–Trinajstić information content (AvgIpc) is 2.42. The number of morpholine rings is 1. The van der Waals surface area contributed by atoms with Crippen LogP contribution in [0.3, 0.4) is 0 Å². The molecule has 100 valence electrons. The van der Waals surface area contributed by atoms with Gasteiger partial charge in [-0.2, -0.15) is 0 Å². The Labute approximate surface area is 109 Å². The number of nitrogens with zero attached hydrogens (tertiary/aromatic N) is 1. The number of hydrogen-bond donors (Lipinski definition) is 0. The Kier molecular flexibility index (Phi) is 5.72. The van der Waals surface area contributed by atoms with Crippen molar-refractivity contribution in [3.63, 3.8) is 0 Å². The van der Waals surface area contributed by atoms with Crippen molar-refractivity contribution < 1.29 is 13.8 Å². The molecular weight excluding hydrogens is 249 g/mol. The fraction of sp³-hybridized carbons (Fsp3) is 0.538. The predicted octanol–water partition coefficient (Wildman–Crippen LogP) is 2.00. The zero-order chi connectivity index (χ0) is 12.6. The smallest absolute Gasteiger partial charge is 0.225 e. The molecule has 0 N–H and O–H groups in total. The van der Waals surface area contributed by atoms with Crippen LogP contribution in [-0.2, 0) is 15.7 Å². The summed E-state index contributed by atoms with van der Waals surface area (Å²) in [4.78, 5) is 2.42. The van der Waals surface area contributed by atoms with Crippen LogP contribution in [0.5, 0.6) is 5.75 Å². The van der Waals surface area contributed by atoms with E-state index in [1.54, 1.807) is 0 Å². The summed E-state index contributed by atoms with van der Waals surface area (Å²) in [5.74, 6) is 0.768. The zero-order valence-corrected chi connectivity index (χ0v) is 11.7. The van der Waals surface area contributed by atoms with Gasteiger partial charge in [0.1, 0.15) is 5.75 Å². The van der Waals surface area contributed by atoms with Crippen molar-refractivity contribution in [2.45, 2.75) is 12.8 Å². The molecule has 0 radical (unpaired) electrons. The van der Waals surface area contributed by atoms with E-state index in [0.29, 0.717) is 0 Å². The van der Waals surface area contributed by atoms with Crippen LogP contribution in [0, 0.1) is 0 Å². The van der Waals surface area contributed by atoms with Crippen molar-refractivity contribution >= 4 is 8.69 Å². The predicted molar refractivity (Wildman–Crippen MR) is 73.0 cm³/mol. The molecule has 4 nitrogen and oxygen atoms in total. The summed E-state index contributed by atoms with van der Waals surface area (Å²) in [5, 5.41) is 0. The lowest BCUT2D eigenvalue weighted by Gasteiger charge is -2.26. The normalized spacial score (nSPS) is 17.3. The van der Waals surface area contributed by atoms with Gasteiger partial charge in [0, 0.05) is 13.1 Å². The molecule has 1 aliphatic heterocycles. The molecule has 1 aromatic rings. The number of benzene rings is 1. The Morgan fingerprint density at radius 3 is 2.83 bits per heavy atom. The largest absolute Gasteiger partial charge is 0.447 e. The van der Waals surface area contributed by atoms with E-state index in [1.807, 2.05) is 24.3 Å². The van der Waals surface area contributed by atoms with Crippen molar-refractivity contribution in [1.82, 2.24) is 4.90 Å². The molecule has 1 fully saturated rings. The van der Waals surface area contributed by atoms with Gasteiger partial charge in [0.25, 0.3) is 0 Å². The summed E-state index contributed by atoms with van der Waals surface area (Å²) in [6.07, 6.45) is 2.06. The third-order valence-electron chi connectivity index (χ3n) is 3.17. The number of hydrogen-bond acceptors (Lipinski definition) is 4. The molecule has 1 aliphatic rings.